The maximum atomic E-state index is 11.8. The molecule has 1 aromatic heterocycles. The van der Waals surface area contributed by atoms with E-state index in [9.17, 15) is 4.79 Å². The van der Waals surface area contributed by atoms with E-state index in [0.29, 0.717) is 25.5 Å². The van der Waals surface area contributed by atoms with Crippen LogP contribution in [0.5, 0.6) is 0 Å². The third-order valence-electron chi connectivity index (χ3n) is 2.60. The number of rotatable bonds is 7. The van der Waals surface area contributed by atoms with E-state index in [1.807, 2.05) is 23.9 Å². The van der Waals surface area contributed by atoms with Gasteiger partial charge in [0.2, 0.25) is 0 Å². The number of carbonyl (C=O) groups is 1. The van der Waals surface area contributed by atoms with Gasteiger partial charge in [-0.1, -0.05) is 6.92 Å². The first-order valence-electron chi connectivity index (χ1n) is 6.07. The molecular weight excluding hydrogens is 216 g/mol. The predicted octanol–water partition coefficient (Wildman–Crippen LogP) is 2.25. The van der Waals surface area contributed by atoms with Crippen LogP contribution >= 0.6 is 0 Å². The summed E-state index contributed by atoms with van der Waals surface area (Å²) in [4.78, 5) is 11.8. The van der Waals surface area contributed by atoms with Gasteiger partial charge in [-0.3, -0.25) is 9.48 Å². The van der Waals surface area contributed by atoms with Gasteiger partial charge in [-0.15, -0.1) is 0 Å². The fourth-order valence-electron chi connectivity index (χ4n) is 1.77. The van der Waals surface area contributed by atoms with E-state index in [1.165, 1.54) is 0 Å². The molecule has 0 aromatic carbocycles. The van der Waals surface area contributed by atoms with Crippen molar-refractivity contribution < 1.29 is 9.53 Å². The van der Waals surface area contributed by atoms with Crippen molar-refractivity contribution in [3.05, 3.63) is 18.0 Å². The number of aromatic nitrogens is 2. The quantitative estimate of drug-likeness (QED) is 0.731. The van der Waals surface area contributed by atoms with E-state index in [1.54, 1.807) is 7.11 Å². The number of ketones is 1. The van der Waals surface area contributed by atoms with E-state index in [2.05, 4.69) is 18.9 Å². The van der Waals surface area contributed by atoms with Gasteiger partial charge in [0.15, 0.2) is 0 Å². The summed E-state index contributed by atoms with van der Waals surface area (Å²) in [5.74, 6) is 0.503. The lowest BCUT2D eigenvalue weighted by atomic mass is 10.0. The molecule has 0 amide bonds. The van der Waals surface area contributed by atoms with Crippen LogP contribution in [0.25, 0.3) is 0 Å². The van der Waals surface area contributed by atoms with E-state index in [0.717, 1.165) is 5.69 Å². The highest BCUT2D eigenvalue weighted by atomic mass is 16.5. The van der Waals surface area contributed by atoms with Crippen molar-refractivity contribution in [2.75, 3.05) is 13.7 Å². The Morgan fingerprint density at radius 1 is 1.47 bits per heavy atom. The van der Waals surface area contributed by atoms with Crippen molar-refractivity contribution >= 4 is 5.78 Å². The van der Waals surface area contributed by atoms with Crippen LogP contribution in [0.1, 0.15) is 38.9 Å². The molecule has 4 nitrogen and oxygen atoms in total. The Labute approximate surface area is 103 Å². The van der Waals surface area contributed by atoms with Gasteiger partial charge in [-0.05, 0) is 25.8 Å². The Kier molecular flexibility index (Phi) is 5.35. The standard InChI is InChI=1S/C13H22N2O2/c1-10(2)15-6-5-12(14-15)8-13(16)7-11(3)9-17-4/h5-6,10-11H,7-9H2,1-4H3. The Balaban J connectivity index is 2.44. The second-order valence-corrected chi connectivity index (χ2v) is 4.86. The van der Waals surface area contributed by atoms with Gasteiger partial charge in [0.25, 0.3) is 0 Å². The monoisotopic (exact) mass is 238 g/mol. The van der Waals surface area contributed by atoms with E-state index in [-0.39, 0.29) is 11.7 Å². The van der Waals surface area contributed by atoms with Crippen molar-refractivity contribution in [2.24, 2.45) is 5.92 Å². The average Bonchev–Trinajstić information content (AvgIpc) is 2.66. The molecule has 1 rings (SSSR count). The fraction of sp³-hybridized carbons (Fsp3) is 0.692. The van der Waals surface area contributed by atoms with Gasteiger partial charge in [-0.25, -0.2) is 0 Å². The number of Topliss-reactive ketones (excluding diaryl/α,β-unsaturated/α-hetero) is 1. The Hall–Kier alpha value is -1.16. The van der Waals surface area contributed by atoms with Gasteiger partial charge < -0.3 is 4.74 Å². The van der Waals surface area contributed by atoms with Gasteiger partial charge in [0, 0.05) is 32.4 Å². The first kappa shape index (κ1) is 13.9. The second kappa shape index (κ2) is 6.55. The molecule has 1 atom stereocenters. The van der Waals surface area contributed by atoms with Gasteiger partial charge in [-0.2, -0.15) is 5.10 Å². The zero-order valence-electron chi connectivity index (χ0n) is 11.1. The van der Waals surface area contributed by atoms with Crippen LogP contribution in [0, 0.1) is 5.92 Å². The summed E-state index contributed by atoms with van der Waals surface area (Å²) in [7, 11) is 1.66. The van der Waals surface area contributed by atoms with Crippen LogP contribution < -0.4 is 0 Å². The van der Waals surface area contributed by atoms with Gasteiger partial charge in [0.1, 0.15) is 5.78 Å². The van der Waals surface area contributed by atoms with E-state index >= 15 is 0 Å². The maximum Gasteiger partial charge on any atom is 0.139 e. The molecular formula is C13H22N2O2. The molecule has 4 heteroatoms. The Bertz CT molecular complexity index is 358. The Morgan fingerprint density at radius 3 is 2.71 bits per heavy atom. The summed E-state index contributed by atoms with van der Waals surface area (Å²) in [6.07, 6.45) is 2.90. The van der Waals surface area contributed by atoms with E-state index < -0.39 is 0 Å². The predicted molar refractivity (Wildman–Crippen MR) is 67.0 cm³/mol. The molecule has 0 saturated carbocycles. The zero-order valence-corrected chi connectivity index (χ0v) is 11.1. The van der Waals surface area contributed by atoms with Crippen LogP contribution in [0.2, 0.25) is 0 Å². The zero-order chi connectivity index (χ0) is 12.8. The molecule has 1 heterocycles. The molecule has 1 unspecified atom stereocenters. The number of nitrogens with zero attached hydrogens (tertiary/aromatic N) is 2. The van der Waals surface area contributed by atoms with Crippen LogP contribution in [0.4, 0.5) is 0 Å². The summed E-state index contributed by atoms with van der Waals surface area (Å²) >= 11 is 0. The Morgan fingerprint density at radius 2 is 2.18 bits per heavy atom. The molecule has 0 saturated heterocycles. The number of hydrogen-bond acceptors (Lipinski definition) is 3. The third-order valence-corrected chi connectivity index (χ3v) is 2.60. The highest BCUT2D eigenvalue weighted by Gasteiger charge is 2.11. The van der Waals surface area contributed by atoms with Crippen molar-refractivity contribution in [3.8, 4) is 0 Å². The van der Waals surface area contributed by atoms with Crippen molar-refractivity contribution in [1.82, 2.24) is 9.78 Å². The first-order valence-corrected chi connectivity index (χ1v) is 6.07. The minimum absolute atomic E-state index is 0.226. The number of hydrogen-bond donors (Lipinski definition) is 0. The molecule has 0 N–H and O–H groups in total. The lowest BCUT2D eigenvalue weighted by molar-refractivity contribution is -0.119. The lowest BCUT2D eigenvalue weighted by Crippen LogP contribution is -2.13. The number of carbonyl (C=O) groups excluding carboxylic acids is 1. The van der Waals surface area contributed by atoms with Crippen molar-refractivity contribution in [2.45, 2.75) is 39.7 Å². The molecule has 0 spiro atoms. The molecule has 0 aliphatic heterocycles. The summed E-state index contributed by atoms with van der Waals surface area (Å²) in [5, 5.41) is 4.37. The molecule has 0 radical (unpaired) electrons. The van der Waals surface area contributed by atoms with Crippen molar-refractivity contribution in [1.29, 1.82) is 0 Å². The highest BCUT2D eigenvalue weighted by Crippen LogP contribution is 2.09. The van der Waals surface area contributed by atoms with Crippen LogP contribution in [0.15, 0.2) is 12.3 Å². The van der Waals surface area contributed by atoms with E-state index in [4.69, 9.17) is 4.74 Å². The van der Waals surface area contributed by atoms with Crippen LogP contribution in [-0.2, 0) is 16.0 Å². The van der Waals surface area contributed by atoms with Crippen molar-refractivity contribution in [3.63, 3.8) is 0 Å². The molecule has 96 valence electrons. The molecule has 0 fully saturated rings. The highest BCUT2D eigenvalue weighted by molar-refractivity contribution is 5.80. The van der Waals surface area contributed by atoms with Crippen LogP contribution in [-0.4, -0.2) is 29.3 Å². The molecule has 0 aliphatic carbocycles. The smallest absolute Gasteiger partial charge is 0.139 e. The van der Waals surface area contributed by atoms with Gasteiger partial charge >= 0.3 is 0 Å². The normalized spacial score (nSPS) is 13.0. The first-order chi connectivity index (χ1) is 8.02. The largest absolute Gasteiger partial charge is 0.384 e. The number of methoxy groups -OCH3 is 1. The minimum Gasteiger partial charge on any atom is -0.384 e. The fourth-order valence-corrected chi connectivity index (χ4v) is 1.77. The summed E-state index contributed by atoms with van der Waals surface area (Å²) in [6.45, 7) is 6.79. The topological polar surface area (TPSA) is 44.1 Å². The lowest BCUT2D eigenvalue weighted by Gasteiger charge is -2.08. The molecule has 1 aromatic rings. The SMILES string of the molecule is COCC(C)CC(=O)Cc1ccn(C(C)C)n1. The molecule has 17 heavy (non-hydrogen) atoms. The molecule has 0 bridgehead atoms. The maximum absolute atomic E-state index is 11.8. The number of ether oxygens (including phenoxy) is 1. The average molecular weight is 238 g/mol. The summed E-state index contributed by atoms with van der Waals surface area (Å²) < 4.78 is 6.89. The molecule has 0 aliphatic rings. The summed E-state index contributed by atoms with van der Waals surface area (Å²) in [5.41, 5.74) is 0.855. The van der Waals surface area contributed by atoms with Crippen LogP contribution in [0.3, 0.4) is 0 Å². The third kappa shape index (κ3) is 4.69. The second-order valence-electron chi connectivity index (χ2n) is 4.86. The minimum atomic E-state index is 0.226. The van der Waals surface area contributed by atoms with Gasteiger partial charge in [0.05, 0.1) is 12.1 Å². The summed E-state index contributed by atoms with van der Waals surface area (Å²) in [6, 6.07) is 2.25.